The highest BCUT2D eigenvalue weighted by Gasteiger charge is 2.20. The molecule has 1 saturated heterocycles. The maximum Gasteiger partial charge on any atom is 0.135 e. The third-order valence-corrected chi connectivity index (χ3v) is 3.76. The summed E-state index contributed by atoms with van der Waals surface area (Å²) in [5, 5.41) is 6.77. The van der Waals surface area contributed by atoms with Crippen molar-refractivity contribution in [2.45, 2.75) is 38.6 Å². The molecular weight excluding hydrogens is 238 g/mol. The second-order valence-electron chi connectivity index (χ2n) is 5.61. The number of piperidine rings is 1. The Balaban J connectivity index is 2.15. The Morgan fingerprint density at radius 2 is 1.84 bits per heavy atom. The quantitative estimate of drug-likeness (QED) is 0.871. The molecule has 1 aromatic heterocycles. The van der Waals surface area contributed by atoms with Crippen molar-refractivity contribution in [3.63, 3.8) is 0 Å². The zero-order valence-electron chi connectivity index (χ0n) is 12.4. The van der Waals surface area contributed by atoms with Crippen LogP contribution in [0, 0.1) is 0 Å². The van der Waals surface area contributed by atoms with Gasteiger partial charge >= 0.3 is 0 Å². The smallest absolute Gasteiger partial charge is 0.135 e. The molecule has 0 spiro atoms. The molecule has 1 fully saturated rings. The van der Waals surface area contributed by atoms with Crippen LogP contribution in [0.3, 0.4) is 0 Å². The van der Waals surface area contributed by atoms with Crippen LogP contribution in [0.25, 0.3) is 0 Å². The second-order valence-corrected chi connectivity index (χ2v) is 5.61. The average Bonchev–Trinajstić information content (AvgIpc) is 2.40. The summed E-state index contributed by atoms with van der Waals surface area (Å²) >= 11 is 0. The number of anilines is 2. The first-order valence-corrected chi connectivity index (χ1v) is 7.09. The summed E-state index contributed by atoms with van der Waals surface area (Å²) in [6.07, 6.45) is 3.98. The monoisotopic (exact) mass is 263 g/mol. The van der Waals surface area contributed by atoms with Gasteiger partial charge < -0.3 is 15.5 Å². The van der Waals surface area contributed by atoms with Crippen molar-refractivity contribution in [2.24, 2.45) is 0 Å². The molecule has 106 valence electrons. The van der Waals surface area contributed by atoms with E-state index in [4.69, 9.17) is 0 Å². The maximum atomic E-state index is 4.45. The van der Waals surface area contributed by atoms with Gasteiger partial charge in [-0.3, -0.25) is 0 Å². The van der Waals surface area contributed by atoms with Crippen molar-refractivity contribution < 1.29 is 0 Å². The van der Waals surface area contributed by atoms with E-state index in [-0.39, 0.29) is 0 Å². The van der Waals surface area contributed by atoms with E-state index in [2.05, 4.69) is 46.4 Å². The van der Waals surface area contributed by atoms with Crippen LogP contribution < -0.4 is 10.6 Å². The summed E-state index contributed by atoms with van der Waals surface area (Å²) in [4.78, 5) is 11.1. The highest BCUT2D eigenvalue weighted by Crippen LogP contribution is 2.29. The van der Waals surface area contributed by atoms with Gasteiger partial charge in [-0.1, -0.05) is 13.8 Å². The molecule has 0 aliphatic carbocycles. The minimum Gasteiger partial charge on any atom is -0.373 e. The minimum atomic E-state index is 0.400. The van der Waals surface area contributed by atoms with Crippen LogP contribution in [0.1, 0.15) is 38.2 Å². The van der Waals surface area contributed by atoms with Crippen LogP contribution in [-0.4, -0.2) is 48.1 Å². The summed E-state index contributed by atoms with van der Waals surface area (Å²) < 4.78 is 0. The third kappa shape index (κ3) is 3.35. The lowest BCUT2D eigenvalue weighted by Crippen LogP contribution is -2.37. The Labute approximate surface area is 115 Å². The fourth-order valence-corrected chi connectivity index (χ4v) is 2.60. The molecule has 1 aliphatic rings. The van der Waals surface area contributed by atoms with E-state index < -0.39 is 0 Å². The molecule has 0 radical (unpaired) electrons. The Morgan fingerprint density at radius 3 is 2.42 bits per heavy atom. The van der Waals surface area contributed by atoms with E-state index in [1.807, 2.05) is 7.05 Å². The molecule has 19 heavy (non-hydrogen) atoms. The molecule has 0 unspecified atom stereocenters. The molecule has 0 bridgehead atoms. The summed E-state index contributed by atoms with van der Waals surface area (Å²) in [5.41, 5.74) is 1.18. The topological polar surface area (TPSA) is 53.1 Å². The van der Waals surface area contributed by atoms with E-state index in [9.17, 15) is 0 Å². The zero-order chi connectivity index (χ0) is 13.8. The predicted octanol–water partition coefficient (Wildman–Crippen LogP) is 2.15. The largest absolute Gasteiger partial charge is 0.373 e. The van der Waals surface area contributed by atoms with E-state index >= 15 is 0 Å². The summed E-state index contributed by atoms with van der Waals surface area (Å²) in [6.45, 7) is 6.66. The van der Waals surface area contributed by atoms with Crippen molar-refractivity contribution >= 4 is 11.6 Å². The minimum absolute atomic E-state index is 0.400. The highest BCUT2D eigenvalue weighted by molar-refractivity contribution is 5.59. The van der Waals surface area contributed by atoms with Gasteiger partial charge in [0.25, 0.3) is 0 Å². The highest BCUT2D eigenvalue weighted by atomic mass is 15.1. The van der Waals surface area contributed by atoms with Crippen LogP contribution in [-0.2, 0) is 0 Å². The Bertz CT molecular complexity index is 410. The summed E-state index contributed by atoms with van der Waals surface area (Å²) in [6, 6.07) is 0.522. The molecule has 0 saturated carbocycles. The number of hydrogen-bond donors (Lipinski definition) is 2. The molecule has 5 heteroatoms. The zero-order valence-corrected chi connectivity index (χ0v) is 12.4. The van der Waals surface area contributed by atoms with Crippen LogP contribution in [0.2, 0.25) is 0 Å². The Hall–Kier alpha value is -1.36. The molecule has 0 amide bonds. The van der Waals surface area contributed by atoms with Gasteiger partial charge in [0.15, 0.2) is 0 Å². The number of hydrogen-bond acceptors (Lipinski definition) is 5. The molecule has 2 N–H and O–H groups in total. The van der Waals surface area contributed by atoms with Crippen LogP contribution in [0.15, 0.2) is 6.33 Å². The SMILES string of the molecule is CNc1ncnc(NC2CCN(C)CC2)c1C(C)C. The molecule has 5 nitrogen and oxygen atoms in total. The molecular formula is C14H25N5. The third-order valence-electron chi connectivity index (χ3n) is 3.76. The van der Waals surface area contributed by atoms with Gasteiger partial charge in [0.2, 0.25) is 0 Å². The molecule has 1 aliphatic heterocycles. The molecule has 2 heterocycles. The summed E-state index contributed by atoms with van der Waals surface area (Å²) in [5.74, 6) is 2.32. The van der Waals surface area contributed by atoms with E-state index in [1.54, 1.807) is 6.33 Å². The van der Waals surface area contributed by atoms with Gasteiger partial charge in [0, 0.05) is 18.7 Å². The standard InChI is InChI=1S/C14H25N5/c1-10(2)12-13(15-3)16-9-17-14(12)18-11-5-7-19(4)8-6-11/h9-11H,5-8H2,1-4H3,(H2,15,16,17,18). The van der Waals surface area contributed by atoms with Gasteiger partial charge in [0.1, 0.15) is 18.0 Å². The fraction of sp³-hybridized carbons (Fsp3) is 0.714. The average molecular weight is 263 g/mol. The van der Waals surface area contributed by atoms with E-state index in [0.29, 0.717) is 12.0 Å². The fourth-order valence-electron chi connectivity index (χ4n) is 2.60. The first kappa shape index (κ1) is 14.1. The number of nitrogens with one attached hydrogen (secondary N) is 2. The lowest BCUT2D eigenvalue weighted by atomic mass is 10.0. The van der Waals surface area contributed by atoms with Crippen LogP contribution >= 0.6 is 0 Å². The first-order chi connectivity index (χ1) is 9.11. The second kappa shape index (κ2) is 6.19. The molecule has 0 atom stereocenters. The number of nitrogens with zero attached hydrogens (tertiary/aromatic N) is 3. The number of likely N-dealkylation sites (tertiary alicyclic amines) is 1. The van der Waals surface area contributed by atoms with Crippen LogP contribution in [0.4, 0.5) is 11.6 Å². The lowest BCUT2D eigenvalue weighted by molar-refractivity contribution is 0.263. The first-order valence-electron chi connectivity index (χ1n) is 7.09. The van der Waals surface area contributed by atoms with E-state index in [1.165, 1.54) is 18.4 Å². The van der Waals surface area contributed by atoms with Crippen molar-refractivity contribution in [3.8, 4) is 0 Å². The van der Waals surface area contributed by atoms with Gasteiger partial charge in [-0.15, -0.1) is 0 Å². The lowest BCUT2D eigenvalue weighted by Gasteiger charge is -2.30. The van der Waals surface area contributed by atoms with Gasteiger partial charge in [-0.05, 0) is 38.9 Å². The van der Waals surface area contributed by atoms with Gasteiger partial charge in [0.05, 0.1) is 0 Å². The molecule has 2 rings (SSSR count). The van der Waals surface area contributed by atoms with Crippen molar-refractivity contribution in [3.05, 3.63) is 11.9 Å². The van der Waals surface area contributed by atoms with Crippen LogP contribution in [0.5, 0.6) is 0 Å². The Kier molecular flexibility index (Phi) is 4.58. The Morgan fingerprint density at radius 1 is 1.21 bits per heavy atom. The van der Waals surface area contributed by atoms with E-state index in [0.717, 1.165) is 24.7 Å². The predicted molar refractivity (Wildman–Crippen MR) is 79.8 cm³/mol. The van der Waals surface area contributed by atoms with Crippen molar-refractivity contribution in [1.82, 2.24) is 14.9 Å². The maximum absolute atomic E-state index is 4.45. The number of aromatic nitrogens is 2. The number of rotatable bonds is 4. The molecule has 1 aromatic rings. The summed E-state index contributed by atoms with van der Waals surface area (Å²) in [7, 11) is 4.09. The van der Waals surface area contributed by atoms with Crippen molar-refractivity contribution in [1.29, 1.82) is 0 Å². The normalized spacial score (nSPS) is 17.7. The van der Waals surface area contributed by atoms with Gasteiger partial charge in [-0.25, -0.2) is 9.97 Å². The van der Waals surface area contributed by atoms with Crippen molar-refractivity contribution in [2.75, 3.05) is 37.8 Å². The molecule has 0 aromatic carbocycles. The van der Waals surface area contributed by atoms with Gasteiger partial charge in [-0.2, -0.15) is 0 Å².